The minimum atomic E-state index is -4.76. The SMILES string of the molecule is CCCCCCCCCCCCCCCCCC(=O)OCC(O)CO[C@@H]1O[C@H](CS(=O)(=O)O)[C@@H](OC(=O)CCNC(=O)OCc2ccccc2)[C@H](OCc2ccccc2)[C@H]1OCc1ccccc1. The molecule has 1 fully saturated rings. The van der Waals surface area contributed by atoms with Gasteiger partial charge >= 0.3 is 18.0 Å². The normalized spacial score (nSPS) is 18.7. The molecule has 0 radical (unpaired) electrons. The number of alkyl carbamates (subject to hydrolysis) is 1. The molecule has 1 heterocycles. The first-order chi connectivity index (χ1) is 33.0. The summed E-state index contributed by atoms with van der Waals surface area (Å²) >= 11 is 0. The number of carbonyl (C=O) groups excluding carboxylic acids is 3. The maximum absolute atomic E-state index is 13.4. The van der Waals surface area contributed by atoms with Gasteiger partial charge in [-0.25, -0.2) is 4.79 Å². The number of nitrogens with one attached hydrogen (secondary N) is 1. The molecular weight excluding hydrogens is 895 g/mol. The van der Waals surface area contributed by atoms with E-state index >= 15 is 0 Å². The van der Waals surface area contributed by atoms with Crippen LogP contribution in [0.5, 0.6) is 0 Å². The lowest BCUT2D eigenvalue weighted by Crippen LogP contribution is -2.62. The molecule has 0 spiro atoms. The summed E-state index contributed by atoms with van der Waals surface area (Å²) in [4.78, 5) is 38.4. The van der Waals surface area contributed by atoms with Gasteiger partial charge in [-0.15, -0.1) is 0 Å². The molecule has 4 rings (SSSR count). The van der Waals surface area contributed by atoms with Crippen LogP contribution in [0.3, 0.4) is 0 Å². The number of aliphatic hydroxyl groups excluding tert-OH is 1. The van der Waals surface area contributed by atoms with Gasteiger partial charge in [-0.2, -0.15) is 8.42 Å². The van der Waals surface area contributed by atoms with Gasteiger partial charge in [0.05, 0.1) is 26.2 Å². The summed E-state index contributed by atoms with van der Waals surface area (Å²) < 4.78 is 76.4. The monoisotopic (exact) mass is 969 g/mol. The molecule has 1 aliphatic rings. The first-order valence-electron chi connectivity index (χ1n) is 24.5. The maximum Gasteiger partial charge on any atom is 0.407 e. The Kier molecular flexibility index (Phi) is 27.4. The van der Waals surface area contributed by atoms with E-state index in [-0.39, 0.29) is 45.8 Å². The van der Waals surface area contributed by atoms with Crippen LogP contribution in [-0.2, 0) is 72.7 Å². The molecule has 3 N–H and O–H groups in total. The lowest BCUT2D eigenvalue weighted by atomic mass is 9.98. The van der Waals surface area contributed by atoms with Crippen molar-refractivity contribution in [3.8, 4) is 0 Å². The minimum Gasteiger partial charge on any atom is -0.463 e. The van der Waals surface area contributed by atoms with Crippen LogP contribution in [0, 0.1) is 0 Å². The molecule has 68 heavy (non-hydrogen) atoms. The fourth-order valence-corrected chi connectivity index (χ4v) is 8.49. The molecule has 3 aromatic carbocycles. The molecular formula is C52H75NO14S. The predicted octanol–water partition coefficient (Wildman–Crippen LogP) is 9.18. The molecule has 6 atom stereocenters. The fraction of sp³-hybridized carbons (Fsp3) is 0.596. The van der Waals surface area contributed by atoms with E-state index in [9.17, 15) is 32.5 Å². The molecule has 3 aromatic rings. The zero-order valence-corrected chi connectivity index (χ0v) is 40.6. The topological polar surface area (TPSA) is 202 Å². The summed E-state index contributed by atoms with van der Waals surface area (Å²) in [6, 6.07) is 27.3. The quantitative estimate of drug-likeness (QED) is 0.0218. The van der Waals surface area contributed by atoms with E-state index in [1.165, 1.54) is 70.6 Å². The van der Waals surface area contributed by atoms with Gasteiger partial charge in [-0.3, -0.25) is 14.1 Å². The highest BCUT2D eigenvalue weighted by atomic mass is 32.2. The Morgan fingerprint density at radius 2 is 1.07 bits per heavy atom. The highest BCUT2D eigenvalue weighted by Gasteiger charge is 2.51. The molecule has 1 amide bonds. The van der Waals surface area contributed by atoms with Gasteiger partial charge in [0.1, 0.15) is 43.4 Å². The van der Waals surface area contributed by atoms with Crippen LogP contribution in [0.15, 0.2) is 91.0 Å². The van der Waals surface area contributed by atoms with Gasteiger partial charge in [0.25, 0.3) is 10.1 Å². The Balaban J connectivity index is 1.33. The van der Waals surface area contributed by atoms with Crippen molar-refractivity contribution in [3.63, 3.8) is 0 Å². The smallest absolute Gasteiger partial charge is 0.407 e. The van der Waals surface area contributed by atoms with Crippen molar-refractivity contribution in [1.82, 2.24) is 5.32 Å². The number of carbonyl (C=O) groups is 3. The van der Waals surface area contributed by atoms with Crippen molar-refractivity contribution in [2.24, 2.45) is 0 Å². The van der Waals surface area contributed by atoms with Gasteiger partial charge in [-0.1, -0.05) is 188 Å². The van der Waals surface area contributed by atoms with Crippen molar-refractivity contribution in [2.75, 3.05) is 25.5 Å². The minimum absolute atomic E-state index is 0.00194. The number of esters is 2. The van der Waals surface area contributed by atoms with E-state index < -0.39 is 77.3 Å². The van der Waals surface area contributed by atoms with Gasteiger partial charge < -0.3 is 43.6 Å². The van der Waals surface area contributed by atoms with Crippen LogP contribution in [0.4, 0.5) is 4.79 Å². The van der Waals surface area contributed by atoms with Gasteiger partial charge in [0, 0.05) is 13.0 Å². The highest BCUT2D eigenvalue weighted by Crippen LogP contribution is 2.32. The summed E-state index contributed by atoms with van der Waals surface area (Å²) in [5, 5.41) is 13.4. The molecule has 16 heteroatoms. The number of amides is 1. The number of aliphatic hydroxyl groups is 1. The van der Waals surface area contributed by atoms with E-state index in [2.05, 4.69) is 12.2 Å². The van der Waals surface area contributed by atoms with E-state index in [4.69, 9.17) is 33.2 Å². The van der Waals surface area contributed by atoms with Gasteiger partial charge in [0.15, 0.2) is 12.4 Å². The summed E-state index contributed by atoms with van der Waals surface area (Å²) in [5.41, 5.74) is 2.26. The summed E-state index contributed by atoms with van der Waals surface area (Å²) in [6.45, 7) is 1.25. The lowest BCUT2D eigenvalue weighted by Gasteiger charge is -2.45. The highest BCUT2D eigenvalue weighted by molar-refractivity contribution is 7.85. The number of rotatable bonds is 35. The number of benzene rings is 3. The van der Waals surface area contributed by atoms with Crippen LogP contribution < -0.4 is 5.32 Å². The molecule has 0 aromatic heterocycles. The van der Waals surface area contributed by atoms with Crippen LogP contribution in [-0.4, -0.2) is 98.4 Å². The van der Waals surface area contributed by atoms with E-state index in [0.29, 0.717) is 6.42 Å². The Hall–Kier alpha value is -4.42. The molecule has 1 aliphatic heterocycles. The Morgan fingerprint density at radius 1 is 0.588 bits per heavy atom. The Labute approximate surface area is 403 Å². The molecule has 1 unspecified atom stereocenters. The second-order valence-electron chi connectivity index (χ2n) is 17.4. The number of hydrogen-bond donors (Lipinski definition) is 3. The van der Waals surface area contributed by atoms with E-state index in [0.717, 1.165) is 36.0 Å². The summed E-state index contributed by atoms with van der Waals surface area (Å²) in [5.74, 6) is -2.31. The van der Waals surface area contributed by atoms with Crippen LogP contribution in [0.1, 0.15) is 133 Å². The largest absolute Gasteiger partial charge is 0.463 e. The average molecular weight is 970 g/mol. The average Bonchev–Trinajstić information content (AvgIpc) is 3.33. The predicted molar refractivity (Wildman–Crippen MR) is 257 cm³/mol. The third-order valence-electron chi connectivity index (χ3n) is 11.5. The second kappa shape index (κ2) is 33.2. The third-order valence-corrected chi connectivity index (χ3v) is 12.2. The number of unbranched alkanes of at least 4 members (excludes halogenated alkanes) is 14. The Bertz CT molecular complexity index is 1920. The fourth-order valence-electron chi connectivity index (χ4n) is 7.80. The summed E-state index contributed by atoms with van der Waals surface area (Å²) in [7, 11) is -4.76. The van der Waals surface area contributed by atoms with Crippen molar-refractivity contribution >= 4 is 28.1 Å². The zero-order chi connectivity index (χ0) is 48.7. The molecule has 0 bridgehead atoms. The molecule has 15 nitrogen and oxygen atoms in total. The van der Waals surface area contributed by atoms with E-state index in [1.54, 1.807) is 12.1 Å². The van der Waals surface area contributed by atoms with Gasteiger partial charge in [0.2, 0.25) is 0 Å². The van der Waals surface area contributed by atoms with Gasteiger partial charge in [-0.05, 0) is 23.1 Å². The third kappa shape index (κ3) is 24.2. The molecule has 0 aliphatic carbocycles. The van der Waals surface area contributed by atoms with Crippen molar-refractivity contribution in [3.05, 3.63) is 108 Å². The van der Waals surface area contributed by atoms with Crippen molar-refractivity contribution < 1.29 is 65.6 Å². The standard InChI is InChI=1S/C52H75NO14S/c1-2-3-4-5-6-7-8-9-10-11-12-13-14-15-25-32-46(55)61-38-44(54)39-64-51-50(63-36-42-28-21-17-22-29-42)49(62-35-41-26-19-16-20-27-41)48(45(66-51)40-68(58,59)60)67-47(56)33-34-53-52(57)65-37-43-30-23-18-24-31-43/h16-24,26-31,44-45,48-51,54H,2-15,25,32-40H2,1H3,(H,53,57)(H,58,59,60)/t44?,45-,48-,49+,50-,51-/m1/s1. The van der Waals surface area contributed by atoms with Crippen molar-refractivity contribution in [1.29, 1.82) is 0 Å². The molecule has 378 valence electrons. The zero-order valence-electron chi connectivity index (χ0n) is 39.8. The Morgan fingerprint density at radius 3 is 1.59 bits per heavy atom. The number of ether oxygens (including phenoxy) is 7. The number of hydrogen-bond acceptors (Lipinski definition) is 13. The molecule has 1 saturated heterocycles. The second-order valence-corrected chi connectivity index (χ2v) is 18.9. The summed E-state index contributed by atoms with van der Waals surface area (Å²) in [6.07, 6.45) is 9.06. The first-order valence-corrected chi connectivity index (χ1v) is 26.1. The lowest BCUT2D eigenvalue weighted by molar-refractivity contribution is -0.317. The molecule has 0 saturated carbocycles. The maximum atomic E-state index is 13.4. The van der Waals surface area contributed by atoms with E-state index in [1.807, 2.05) is 78.9 Å². The van der Waals surface area contributed by atoms with Crippen LogP contribution in [0.25, 0.3) is 0 Å². The van der Waals surface area contributed by atoms with Crippen LogP contribution >= 0.6 is 0 Å². The van der Waals surface area contributed by atoms with Crippen LogP contribution in [0.2, 0.25) is 0 Å². The first kappa shape index (κ1) is 56.2. The van der Waals surface area contributed by atoms with Crippen molar-refractivity contribution in [2.45, 2.75) is 173 Å².